The first-order valence-corrected chi connectivity index (χ1v) is 31.9. The van der Waals surface area contributed by atoms with E-state index in [2.05, 4.69) is 301 Å². The largest absolute Gasteiger partial charge is 0.242 e. The van der Waals surface area contributed by atoms with Gasteiger partial charge in [-0.2, -0.15) is 0 Å². The van der Waals surface area contributed by atoms with E-state index in [1.165, 1.54) is 170 Å². The third kappa shape index (κ3) is 10.7. The van der Waals surface area contributed by atoms with Crippen molar-refractivity contribution in [3.63, 3.8) is 0 Å². The van der Waals surface area contributed by atoms with Crippen LogP contribution in [0.25, 0.3) is 0 Å². The van der Waals surface area contributed by atoms with Crippen LogP contribution in [0, 0.1) is 125 Å². The van der Waals surface area contributed by atoms with Gasteiger partial charge in [0.1, 0.15) is 0 Å². The SMILES string of the molecule is Cc1cc(C)c(B(c2ccc([Si](c3ccccc3)(c3ccc(B(c4c(C)cc(C)cc4C)c4c(C)cc(C)cc4C)cc3)c3ccc(B(c4c(C)cc(C)cc4C)c4c(C)cc(C)cc4C)cc3)cc2)c2c(C)cc(C)cc2C)c(C)c1. The van der Waals surface area contributed by atoms with E-state index in [9.17, 15) is 0 Å². The lowest BCUT2D eigenvalue weighted by Gasteiger charge is -2.35. The van der Waals surface area contributed by atoms with Crippen LogP contribution in [-0.2, 0) is 0 Å². The van der Waals surface area contributed by atoms with E-state index in [1.54, 1.807) is 0 Å². The predicted molar refractivity (Wildman–Crippen MR) is 368 cm³/mol. The zero-order chi connectivity index (χ0) is 58.6. The van der Waals surface area contributed by atoms with Crippen LogP contribution in [0.2, 0.25) is 0 Å². The van der Waals surface area contributed by atoms with Crippen LogP contribution < -0.4 is 69.9 Å². The third-order valence-corrected chi connectivity index (χ3v) is 23.2. The molecule has 4 heteroatoms. The molecule has 82 heavy (non-hydrogen) atoms. The van der Waals surface area contributed by atoms with Gasteiger partial charge >= 0.3 is 0 Å². The average molecular weight is 1080 g/mol. The quantitative estimate of drug-likeness (QED) is 0.0798. The van der Waals surface area contributed by atoms with Crippen molar-refractivity contribution in [2.45, 2.75) is 125 Å². The molecule has 0 aromatic heterocycles. The molecule has 0 nitrogen and oxygen atoms in total. The molecule has 0 bridgehead atoms. The topological polar surface area (TPSA) is 0 Å². The second-order valence-electron chi connectivity index (χ2n) is 25.2. The van der Waals surface area contributed by atoms with E-state index in [4.69, 9.17) is 0 Å². The van der Waals surface area contributed by atoms with Gasteiger partial charge in [0, 0.05) is 0 Å². The number of hydrogen-bond donors (Lipinski definition) is 0. The molecule has 0 saturated heterocycles. The summed E-state index contributed by atoms with van der Waals surface area (Å²) in [5, 5.41) is 5.48. The number of aryl methyl sites for hydroxylation is 18. The van der Waals surface area contributed by atoms with Crippen LogP contribution in [0.4, 0.5) is 0 Å². The number of benzene rings is 10. The molecule has 0 N–H and O–H groups in total. The minimum atomic E-state index is -3.12. The van der Waals surface area contributed by atoms with E-state index in [0.29, 0.717) is 0 Å². The standard InChI is InChI=1S/C78H83B3Si/c1-48-36-54(7)73(55(8)37-48)79(74-56(9)38-49(2)39-57(74)10)66-24-30-70(31-25-66)82(69-22-20-19-21-23-69,71-32-26-67(27-33-71)80(75-58(11)40-50(3)41-59(75)12)76-60(13)42-51(4)43-61(76)14)72-34-28-68(29-35-72)81(77-62(15)44-52(5)45-63(77)16)78-64(17)46-53(6)47-65(78)18/h19-47H,1-18H3. The molecule has 0 aliphatic heterocycles. The molecule has 10 aromatic carbocycles. The highest BCUT2D eigenvalue weighted by atomic mass is 28.3. The van der Waals surface area contributed by atoms with Crippen LogP contribution in [0.3, 0.4) is 0 Å². The fourth-order valence-corrected chi connectivity index (χ4v) is 20.5. The van der Waals surface area contributed by atoms with Gasteiger partial charge in [0.2, 0.25) is 20.1 Å². The van der Waals surface area contributed by atoms with Crippen LogP contribution in [0.15, 0.2) is 176 Å². The third-order valence-electron chi connectivity index (χ3n) is 18.4. The second-order valence-corrected chi connectivity index (χ2v) is 29.0. The highest BCUT2D eigenvalue weighted by molar-refractivity contribution is 7.20. The Labute approximate surface area is 495 Å². The van der Waals surface area contributed by atoms with Gasteiger partial charge in [0.05, 0.1) is 0 Å². The van der Waals surface area contributed by atoms with Gasteiger partial charge < -0.3 is 0 Å². The maximum absolute atomic E-state index is 3.12. The minimum absolute atomic E-state index is 0.0697. The zero-order valence-electron chi connectivity index (χ0n) is 52.5. The Morgan fingerprint density at radius 3 is 0.524 bits per heavy atom. The van der Waals surface area contributed by atoms with E-state index >= 15 is 0 Å². The predicted octanol–water partition coefficient (Wildman–Crippen LogP) is 10.2. The van der Waals surface area contributed by atoms with Crippen molar-refractivity contribution in [3.8, 4) is 0 Å². The Hall–Kier alpha value is -7.39. The summed E-state index contributed by atoms with van der Waals surface area (Å²) in [4.78, 5) is 0. The van der Waals surface area contributed by atoms with Crippen molar-refractivity contribution in [1.82, 2.24) is 0 Å². The molecular formula is C78H83B3Si. The van der Waals surface area contributed by atoms with Crippen LogP contribution in [0.5, 0.6) is 0 Å². The summed E-state index contributed by atoms with van der Waals surface area (Å²) in [5.41, 5.74) is 36.4. The van der Waals surface area contributed by atoms with Gasteiger partial charge in [-0.05, 0) is 145 Å². The summed E-state index contributed by atoms with van der Waals surface area (Å²) in [5.74, 6) is 0. The minimum Gasteiger partial charge on any atom is -0.0686 e. The van der Waals surface area contributed by atoms with E-state index < -0.39 is 8.07 Å². The average Bonchev–Trinajstić information content (AvgIpc) is 3.60. The fraction of sp³-hybridized carbons (Fsp3) is 0.231. The summed E-state index contributed by atoms with van der Waals surface area (Å²) >= 11 is 0. The molecule has 10 rings (SSSR count). The van der Waals surface area contributed by atoms with Crippen molar-refractivity contribution in [2.24, 2.45) is 0 Å². The van der Waals surface area contributed by atoms with E-state index in [-0.39, 0.29) is 20.1 Å². The summed E-state index contributed by atoms with van der Waals surface area (Å²) in [7, 11) is -3.12. The molecule has 0 saturated carbocycles. The lowest BCUT2D eigenvalue weighted by Crippen LogP contribution is -2.75. The van der Waals surface area contributed by atoms with Gasteiger partial charge in [-0.1, -0.05) is 325 Å². The molecule has 10 aromatic rings. The maximum atomic E-state index is 2.53. The summed E-state index contributed by atoms with van der Waals surface area (Å²) in [6, 6.07) is 70.3. The monoisotopic (exact) mass is 1080 g/mol. The zero-order valence-corrected chi connectivity index (χ0v) is 53.5. The molecule has 0 atom stereocenters. The van der Waals surface area contributed by atoms with Crippen molar-refractivity contribution in [1.29, 1.82) is 0 Å². The maximum Gasteiger partial charge on any atom is 0.242 e. The molecule has 0 spiro atoms. The van der Waals surface area contributed by atoms with Gasteiger partial charge in [-0.3, -0.25) is 0 Å². The molecule has 0 aliphatic carbocycles. The first-order valence-electron chi connectivity index (χ1n) is 29.9. The second kappa shape index (κ2) is 23.1. The molecule has 0 fully saturated rings. The Kier molecular flexibility index (Phi) is 16.3. The highest BCUT2D eigenvalue weighted by Crippen LogP contribution is 2.19. The van der Waals surface area contributed by atoms with Crippen molar-refractivity contribution in [2.75, 3.05) is 0 Å². The lowest BCUT2D eigenvalue weighted by atomic mass is 9.34. The van der Waals surface area contributed by atoms with Crippen molar-refractivity contribution in [3.05, 3.63) is 276 Å². The van der Waals surface area contributed by atoms with Crippen LogP contribution in [0.1, 0.15) is 100 Å². The van der Waals surface area contributed by atoms with Crippen LogP contribution in [-0.4, -0.2) is 28.2 Å². The first kappa shape index (κ1) is 57.8. The van der Waals surface area contributed by atoms with E-state index in [0.717, 1.165) is 0 Å². The lowest BCUT2D eigenvalue weighted by molar-refractivity contribution is 1.34. The highest BCUT2D eigenvalue weighted by Gasteiger charge is 2.43. The van der Waals surface area contributed by atoms with Gasteiger partial charge in [-0.15, -0.1) is 0 Å². The first-order chi connectivity index (χ1) is 39.1. The van der Waals surface area contributed by atoms with Crippen molar-refractivity contribution >= 4 is 98.1 Å². The smallest absolute Gasteiger partial charge is 0.0686 e. The van der Waals surface area contributed by atoms with Crippen LogP contribution >= 0.6 is 0 Å². The molecule has 0 aliphatic rings. The molecule has 0 radical (unpaired) electrons. The van der Waals surface area contributed by atoms with Gasteiger partial charge in [0.25, 0.3) is 0 Å². The fourth-order valence-electron chi connectivity index (χ4n) is 15.8. The number of hydrogen-bond acceptors (Lipinski definition) is 0. The van der Waals surface area contributed by atoms with Gasteiger partial charge in [-0.25, -0.2) is 0 Å². The van der Waals surface area contributed by atoms with Gasteiger partial charge in [0.15, 0.2) is 8.07 Å². The Morgan fingerprint density at radius 1 is 0.195 bits per heavy atom. The molecule has 0 heterocycles. The molecular weight excluding hydrogens is 997 g/mol. The van der Waals surface area contributed by atoms with E-state index in [1.807, 2.05) is 0 Å². The normalized spacial score (nSPS) is 11.5. The summed E-state index contributed by atoms with van der Waals surface area (Å²) < 4.78 is 0. The molecule has 408 valence electrons. The summed E-state index contributed by atoms with van der Waals surface area (Å²) in [6.07, 6.45) is 0. The van der Waals surface area contributed by atoms with Crippen molar-refractivity contribution < 1.29 is 0 Å². The number of rotatable bonds is 13. The Bertz CT molecular complexity index is 3350. The summed E-state index contributed by atoms with van der Waals surface area (Å²) in [6.45, 7) is 41.4. The molecule has 0 unspecified atom stereocenters. The Morgan fingerprint density at radius 2 is 0.354 bits per heavy atom. The Balaban J connectivity index is 1.25. The molecule has 0 amide bonds.